The van der Waals surface area contributed by atoms with Crippen molar-refractivity contribution < 1.29 is 0 Å². The number of hydrogen-bond acceptors (Lipinski definition) is 2. The van der Waals surface area contributed by atoms with Crippen molar-refractivity contribution in [1.82, 2.24) is 10.6 Å². The van der Waals surface area contributed by atoms with Crippen LogP contribution in [-0.4, -0.2) is 26.7 Å². The lowest BCUT2D eigenvalue weighted by Gasteiger charge is -2.03. The monoisotopic (exact) mass is 116 g/mol. The van der Waals surface area contributed by atoms with Crippen molar-refractivity contribution >= 4 is 5.96 Å². The van der Waals surface area contributed by atoms with Crippen LogP contribution < -0.4 is 16.4 Å². The van der Waals surface area contributed by atoms with E-state index in [1.54, 1.807) is 14.1 Å². The fraction of sp³-hybridized carbons (Fsp3) is 0.750. The first-order chi connectivity index (χ1) is 3.85. The standard InChI is InChI=1S/C4H12N4/c1-6-4(7-2)8-3-5/h3,5H2,1-2H3,(H2,6,7,8). The van der Waals surface area contributed by atoms with Gasteiger partial charge in [0, 0.05) is 14.1 Å². The second-order valence-electron chi connectivity index (χ2n) is 1.20. The molecular weight excluding hydrogens is 104 g/mol. The van der Waals surface area contributed by atoms with Gasteiger partial charge in [0.15, 0.2) is 5.96 Å². The molecule has 4 nitrogen and oxygen atoms in total. The molecule has 0 saturated heterocycles. The van der Waals surface area contributed by atoms with Crippen LogP contribution in [0.25, 0.3) is 0 Å². The van der Waals surface area contributed by atoms with Crippen LogP contribution in [-0.2, 0) is 0 Å². The molecule has 0 radical (unpaired) electrons. The molecule has 0 aliphatic carbocycles. The van der Waals surface area contributed by atoms with E-state index in [4.69, 9.17) is 5.73 Å². The largest absolute Gasteiger partial charge is 0.359 e. The van der Waals surface area contributed by atoms with E-state index in [1.807, 2.05) is 0 Å². The number of nitrogens with zero attached hydrogens (tertiary/aromatic N) is 1. The summed E-state index contributed by atoms with van der Waals surface area (Å²) in [5.74, 6) is 0.715. The molecule has 0 unspecified atom stereocenters. The molecule has 0 saturated carbocycles. The zero-order valence-corrected chi connectivity index (χ0v) is 5.23. The molecule has 4 heteroatoms. The van der Waals surface area contributed by atoms with E-state index in [0.29, 0.717) is 12.6 Å². The van der Waals surface area contributed by atoms with Gasteiger partial charge in [-0.1, -0.05) is 0 Å². The fourth-order valence-electron chi connectivity index (χ4n) is 0.376. The van der Waals surface area contributed by atoms with Gasteiger partial charge in [-0.3, -0.25) is 4.99 Å². The Morgan fingerprint density at radius 1 is 1.75 bits per heavy atom. The Labute approximate surface area is 49.2 Å². The molecule has 0 aromatic heterocycles. The Hall–Kier alpha value is -0.770. The van der Waals surface area contributed by atoms with Gasteiger partial charge in [0.25, 0.3) is 0 Å². The second kappa shape index (κ2) is 4.39. The molecule has 0 spiro atoms. The maximum absolute atomic E-state index is 5.15. The first kappa shape index (κ1) is 7.23. The minimum absolute atomic E-state index is 0.410. The Bertz CT molecular complexity index is 78.1. The number of nitrogens with two attached hydrogens (primary N) is 1. The Kier molecular flexibility index (Phi) is 3.97. The summed E-state index contributed by atoms with van der Waals surface area (Å²) in [6, 6.07) is 0. The first-order valence-corrected chi connectivity index (χ1v) is 2.43. The van der Waals surface area contributed by atoms with Gasteiger partial charge in [0.05, 0.1) is 6.67 Å². The molecule has 0 heterocycles. The molecule has 48 valence electrons. The number of aliphatic imine (C=N–C) groups is 1. The van der Waals surface area contributed by atoms with Gasteiger partial charge >= 0.3 is 0 Å². The summed E-state index contributed by atoms with van der Waals surface area (Å²) in [7, 11) is 3.47. The van der Waals surface area contributed by atoms with Gasteiger partial charge < -0.3 is 16.4 Å². The van der Waals surface area contributed by atoms with Crippen LogP contribution in [0.2, 0.25) is 0 Å². The average Bonchev–Trinajstić information content (AvgIpc) is 1.83. The van der Waals surface area contributed by atoms with Gasteiger partial charge in [-0.25, -0.2) is 0 Å². The molecule has 0 aromatic rings. The van der Waals surface area contributed by atoms with E-state index in [9.17, 15) is 0 Å². The minimum Gasteiger partial charge on any atom is -0.359 e. The normalized spacial score (nSPS) is 11.1. The quantitative estimate of drug-likeness (QED) is 0.226. The molecule has 0 aliphatic heterocycles. The van der Waals surface area contributed by atoms with Gasteiger partial charge in [-0.15, -0.1) is 0 Å². The van der Waals surface area contributed by atoms with Gasteiger partial charge in [0.1, 0.15) is 0 Å². The van der Waals surface area contributed by atoms with Crippen LogP contribution in [0, 0.1) is 0 Å². The summed E-state index contributed by atoms with van der Waals surface area (Å²) in [5, 5.41) is 5.61. The highest BCUT2D eigenvalue weighted by Crippen LogP contribution is 1.57. The van der Waals surface area contributed by atoms with Crippen LogP contribution in [0.5, 0.6) is 0 Å². The van der Waals surface area contributed by atoms with E-state index in [2.05, 4.69) is 15.6 Å². The van der Waals surface area contributed by atoms with E-state index >= 15 is 0 Å². The molecule has 8 heavy (non-hydrogen) atoms. The van der Waals surface area contributed by atoms with Crippen LogP contribution in [0.1, 0.15) is 0 Å². The predicted molar refractivity (Wildman–Crippen MR) is 34.6 cm³/mol. The highest BCUT2D eigenvalue weighted by molar-refractivity contribution is 5.79. The molecule has 0 bridgehead atoms. The Morgan fingerprint density at radius 3 is 2.50 bits per heavy atom. The van der Waals surface area contributed by atoms with Crippen molar-refractivity contribution in [1.29, 1.82) is 0 Å². The molecule has 0 atom stereocenters. The Balaban J connectivity index is 3.38. The third-order valence-electron chi connectivity index (χ3n) is 0.730. The molecule has 0 aliphatic rings. The van der Waals surface area contributed by atoms with E-state index in [-0.39, 0.29) is 0 Å². The number of rotatable bonds is 1. The van der Waals surface area contributed by atoms with Gasteiger partial charge in [-0.05, 0) is 0 Å². The summed E-state index contributed by atoms with van der Waals surface area (Å²) in [6.45, 7) is 0.410. The Morgan fingerprint density at radius 2 is 2.38 bits per heavy atom. The molecule has 0 aromatic carbocycles. The van der Waals surface area contributed by atoms with Crippen molar-refractivity contribution in [2.75, 3.05) is 20.8 Å². The third-order valence-corrected chi connectivity index (χ3v) is 0.730. The number of guanidine groups is 1. The minimum atomic E-state index is 0.410. The smallest absolute Gasteiger partial charge is 0.191 e. The van der Waals surface area contributed by atoms with Gasteiger partial charge in [0.2, 0.25) is 0 Å². The van der Waals surface area contributed by atoms with E-state index < -0.39 is 0 Å². The lowest BCUT2D eigenvalue weighted by Crippen LogP contribution is -2.38. The number of hydrogen-bond donors (Lipinski definition) is 3. The van der Waals surface area contributed by atoms with Crippen LogP contribution in [0.3, 0.4) is 0 Å². The van der Waals surface area contributed by atoms with Gasteiger partial charge in [-0.2, -0.15) is 0 Å². The SMILES string of the molecule is CN=C(NC)NCN. The summed E-state index contributed by atoms with van der Waals surface area (Å²) >= 11 is 0. The summed E-state index contributed by atoms with van der Waals surface area (Å²) in [4.78, 5) is 3.81. The van der Waals surface area contributed by atoms with Crippen molar-refractivity contribution in [3.05, 3.63) is 0 Å². The van der Waals surface area contributed by atoms with E-state index in [1.165, 1.54) is 0 Å². The maximum Gasteiger partial charge on any atom is 0.191 e. The average molecular weight is 116 g/mol. The van der Waals surface area contributed by atoms with Crippen LogP contribution in [0.15, 0.2) is 4.99 Å². The van der Waals surface area contributed by atoms with Crippen molar-refractivity contribution in [3.63, 3.8) is 0 Å². The molecule has 0 amide bonds. The topological polar surface area (TPSA) is 62.4 Å². The number of nitrogens with one attached hydrogen (secondary N) is 2. The lowest BCUT2D eigenvalue weighted by molar-refractivity contribution is 0.878. The first-order valence-electron chi connectivity index (χ1n) is 2.43. The molecule has 0 fully saturated rings. The molecule has 0 rings (SSSR count). The molecule has 4 N–H and O–H groups in total. The summed E-state index contributed by atoms with van der Waals surface area (Å²) in [5.41, 5.74) is 5.15. The van der Waals surface area contributed by atoms with E-state index in [0.717, 1.165) is 0 Å². The fourth-order valence-corrected chi connectivity index (χ4v) is 0.376. The summed E-state index contributed by atoms with van der Waals surface area (Å²) in [6.07, 6.45) is 0. The zero-order chi connectivity index (χ0) is 6.41. The van der Waals surface area contributed by atoms with Crippen LogP contribution in [0.4, 0.5) is 0 Å². The van der Waals surface area contributed by atoms with Crippen LogP contribution >= 0.6 is 0 Å². The molecular formula is C4H12N4. The highest BCUT2D eigenvalue weighted by Gasteiger charge is 1.84. The lowest BCUT2D eigenvalue weighted by atomic mass is 10.9. The highest BCUT2D eigenvalue weighted by atomic mass is 15.2. The zero-order valence-electron chi connectivity index (χ0n) is 5.23. The third kappa shape index (κ3) is 2.41. The second-order valence-corrected chi connectivity index (χ2v) is 1.20. The van der Waals surface area contributed by atoms with Crippen molar-refractivity contribution in [3.8, 4) is 0 Å². The predicted octanol–water partition coefficient (Wildman–Crippen LogP) is -1.30. The van der Waals surface area contributed by atoms with Crippen molar-refractivity contribution in [2.45, 2.75) is 0 Å². The summed E-state index contributed by atoms with van der Waals surface area (Å²) < 4.78 is 0. The maximum atomic E-state index is 5.15. The van der Waals surface area contributed by atoms with Crippen molar-refractivity contribution in [2.24, 2.45) is 10.7 Å².